The van der Waals surface area contributed by atoms with Gasteiger partial charge in [0, 0.05) is 5.56 Å². The summed E-state index contributed by atoms with van der Waals surface area (Å²) in [5.41, 5.74) is 2.60. The molecule has 1 aromatic carbocycles. The summed E-state index contributed by atoms with van der Waals surface area (Å²) in [6, 6.07) is 8.72. The quantitative estimate of drug-likeness (QED) is 0.505. The number of hydrogen-bond acceptors (Lipinski definition) is 4. The van der Waals surface area contributed by atoms with Crippen LogP contribution in [-0.2, 0) is 6.61 Å². The molecule has 1 heterocycles. The van der Waals surface area contributed by atoms with E-state index in [-0.39, 0.29) is 12.4 Å². The van der Waals surface area contributed by atoms with Crippen LogP contribution in [0.3, 0.4) is 0 Å². The van der Waals surface area contributed by atoms with Crippen LogP contribution in [0.15, 0.2) is 41.0 Å². The maximum Gasteiger partial charge on any atom is 0.301 e. The molecule has 2 aromatic rings. The molecule has 0 bridgehead atoms. The molecule has 0 fully saturated rings. The first-order valence-corrected chi connectivity index (χ1v) is 5.55. The summed E-state index contributed by atoms with van der Waals surface area (Å²) in [6.07, 6.45) is 1.40. The van der Waals surface area contributed by atoms with Crippen LogP contribution in [-0.4, -0.2) is 5.91 Å². The highest BCUT2D eigenvalue weighted by Crippen LogP contribution is 2.24. The number of carbonyl (C=O) groups excluding carboxylic acids is 1. The van der Waals surface area contributed by atoms with Gasteiger partial charge in [-0.2, -0.15) is 0 Å². The molecule has 0 aliphatic rings. The van der Waals surface area contributed by atoms with Gasteiger partial charge in [-0.1, -0.05) is 23.7 Å². The van der Waals surface area contributed by atoms with Gasteiger partial charge in [0.05, 0.1) is 11.3 Å². The fourth-order valence-corrected chi connectivity index (χ4v) is 1.62. The molecule has 0 spiro atoms. The summed E-state index contributed by atoms with van der Waals surface area (Å²) in [5, 5.41) is 0.505. The predicted molar refractivity (Wildman–Crippen MR) is 66.1 cm³/mol. The first kappa shape index (κ1) is 12.5. The molecule has 0 radical (unpaired) electrons. The van der Waals surface area contributed by atoms with Crippen molar-refractivity contribution in [3.05, 3.63) is 52.9 Å². The van der Waals surface area contributed by atoms with Crippen LogP contribution in [0, 0.1) is 0 Å². The second kappa shape index (κ2) is 5.57. The summed E-state index contributed by atoms with van der Waals surface area (Å²) in [4.78, 5) is 11.4. The number of halogens is 1. The Balaban J connectivity index is 2.09. The molecule has 2 rings (SSSR count). The zero-order valence-corrected chi connectivity index (χ0v) is 10.1. The third-order valence-corrected chi connectivity index (χ3v) is 2.62. The van der Waals surface area contributed by atoms with Gasteiger partial charge in [-0.05, 0) is 18.2 Å². The topological polar surface area (TPSA) is 77.5 Å². The molecule has 18 heavy (non-hydrogen) atoms. The number of furan rings is 1. The van der Waals surface area contributed by atoms with Crippen molar-refractivity contribution in [1.29, 1.82) is 0 Å². The van der Waals surface area contributed by atoms with Crippen LogP contribution in [0.1, 0.15) is 16.1 Å². The van der Waals surface area contributed by atoms with Crippen molar-refractivity contribution in [2.75, 3.05) is 0 Å². The molecule has 5 nitrogen and oxygen atoms in total. The Labute approximate surface area is 108 Å². The number of nitrogens with one attached hydrogen (secondary N) is 1. The highest BCUT2D eigenvalue weighted by atomic mass is 35.5. The van der Waals surface area contributed by atoms with Crippen molar-refractivity contribution in [2.45, 2.75) is 6.61 Å². The van der Waals surface area contributed by atoms with Crippen LogP contribution in [0.25, 0.3) is 0 Å². The Hall–Kier alpha value is -1.98. The van der Waals surface area contributed by atoms with E-state index in [4.69, 9.17) is 26.6 Å². The first-order valence-electron chi connectivity index (χ1n) is 5.17. The predicted octanol–water partition coefficient (Wildman–Crippen LogP) is 2.12. The second-order valence-electron chi connectivity index (χ2n) is 3.47. The van der Waals surface area contributed by atoms with Crippen molar-refractivity contribution < 1.29 is 13.9 Å². The minimum Gasteiger partial charge on any atom is -0.487 e. The maximum absolute atomic E-state index is 11.4. The molecule has 6 heteroatoms. The molecule has 1 amide bonds. The molecule has 3 N–H and O–H groups in total. The van der Waals surface area contributed by atoms with Gasteiger partial charge < -0.3 is 9.15 Å². The van der Waals surface area contributed by atoms with Gasteiger partial charge in [-0.15, -0.1) is 0 Å². The summed E-state index contributed by atoms with van der Waals surface area (Å²) in [5.74, 6) is 5.21. The van der Waals surface area contributed by atoms with Crippen molar-refractivity contribution >= 4 is 17.5 Å². The summed E-state index contributed by atoms with van der Waals surface area (Å²) in [6.45, 7) is 0.170. The lowest BCUT2D eigenvalue weighted by Gasteiger charge is -2.07. The standard InChI is InChI=1S/C12H11ClN2O3/c13-9-3-1-2-4-10(9)18-7-8-5-6-17-11(8)12(16)15-14/h1-6H,7,14H2,(H,15,16). The van der Waals surface area contributed by atoms with Crippen LogP contribution in [0.2, 0.25) is 5.02 Å². The van der Waals surface area contributed by atoms with Gasteiger partial charge in [0.1, 0.15) is 12.4 Å². The summed E-state index contributed by atoms with van der Waals surface area (Å²) >= 11 is 5.95. The van der Waals surface area contributed by atoms with Crippen molar-refractivity contribution in [2.24, 2.45) is 5.84 Å². The van der Waals surface area contributed by atoms with Gasteiger partial charge in [-0.25, -0.2) is 5.84 Å². The lowest BCUT2D eigenvalue weighted by molar-refractivity contribution is 0.0922. The SMILES string of the molecule is NNC(=O)c1occc1COc1ccccc1Cl. The maximum atomic E-state index is 11.4. The fourth-order valence-electron chi connectivity index (χ4n) is 1.43. The molecule has 0 unspecified atom stereocenters. The normalized spacial score (nSPS) is 10.1. The second-order valence-corrected chi connectivity index (χ2v) is 3.87. The van der Waals surface area contributed by atoms with Crippen LogP contribution in [0.5, 0.6) is 5.75 Å². The van der Waals surface area contributed by atoms with Gasteiger partial charge in [0.2, 0.25) is 0 Å². The Morgan fingerprint density at radius 2 is 2.17 bits per heavy atom. The number of hydrogen-bond donors (Lipinski definition) is 2. The third kappa shape index (κ3) is 2.64. The van der Waals surface area contributed by atoms with Gasteiger partial charge in [0.25, 0.3) is 0 Å². The van der Waals surface area contributed by atoms with E-state index >= 15 is 0 Å². The molecule has 1 aromatic heterocycles. The number of nitrogens with two attached hydrogens (primary N) is 1. The summed E-state index contributed by atoms with van der Waals surface area (Å²) < 4.78 is 10.5. The minimum absolute atomic E-state index is 0.129. The van der Waals surface area contributed by atoms with E-state index in [9.17, 15) is 4.79 Å². The van der Waals surface area contributed by atoms with E-state index in [0.717, 1.165) is 0 Å². The molecule has 0 aliphatic carbocycles. The number of ether oxygens (including phenoxy) is 1. The van der Waals surface area contributed by atoms with Crippen molar-refractivity contribution in [1.82, 2.24) is 5.43 Å². The van der Waals surface area contributed by atoms with E-state index in [0.29, 0.717) is 16.3 Å². The molecule has 0 saturated heterocycles. The lowest BCUT2D eigenvalue weighted by Crippen LogP contribution is -2.30. The Bertz CT molecular complexity index is 554. The molecular weight excluding hydrogens is 256 g/mol. The van der Waals surface area contributed by atoms with E-state index in [1.165, 1.54) is 6.26 Å². The molecule has 0 aliphatic heterocycles. The Morgan fingerprint density at radius 3 is 2.89 bits per heavy atom. The van der Waals surface area contributed by atoms with E-state index in [2.05, 4.69) is 0 Å². The zero-order chi connectivity index (χ0) is 13.0. The highest BCUT2D eigenvalue weighted by molar-refractivity contribution is 6.32. The smallest absolute Gasteiger partial charge is 0.301 e. The van der Waals surface area contributed by atoms with Crippen molar-refractivity contribution in [3.63, 3.8) is 0 Å². The number of hydrazine groups is 1. The fraction of sp³-hybridized carbons (Fsp3) is 0.0833. The Morgan fingerprint density at radius 1 is 1.39 bits per heavy atom. The number of amides is 1. The first-order chi connectivity index (χ1) is 8.72. The molecule has 0 atom stereocenters. The number of para-hydroxylation sites is 1. The van der Waals surface area contributed by atoms with E-state index in [1.807, 2.05) is 11.5 Å². The monoisotopic (exact) mass is 266 g/mol. The molecule has 94 valence electrons. The third-order valence-electron chi connectivity index (χ3n) is 2.30. The average Bonchev–Trinajstić information content (AvgIpc) is 2.85. The number of nitrogen functional groups attached to an aromatic ring is 1. The number of benzene rings is 1. The highest BCUT2D eigenvalue weighted by Gasteiger charge is 2.14. The summed E-state index contributed by atoms with van der Waals surface area (Å²) in [7, 11) is 0. The van der Waals surface area contributed by atoms with Crippen LogP contribution >= 0.6 is 11.6 Å². The number of rotatable bonds is 4. The van der Waals surface area contributed by atoms with E-state index < -0.39 is 5.91 Å². The van der Waals surface area contributed by atoms with Crippen molar-refractivity contribution in [3.8, 4) is 5.75 Å². The van der Waals surface area contributed by atoms with Gasteiger partial charge in [0.15, 0.2) is 5.76 Å². The Kier molecular flexibility index (Phi) is 3.86. The largest absolute Gasteiger partial charge is 0.487 e. The molecular formula is C12H11ClN2O3. The van der Waals surface area contributed by atoms with E-state index in [1.54, 1.807) is 24.3 Å². The van der Waals surface area contributed by atoms with Crippen LogP contribution in [0.4, 0.5) is 0 Å². The minimum atomic E-state index is -0.502. The number of carbonyl (C=O) groups is 1. The lowest BCUT2D eigenvalue weighted by atomic mass is 10.2. The zero-order valence-electron chi connectivity index (χ0n) is 9.35. The van der Waals surface area contributed by atoms with Gasteiger partial charge >= 0.3 is 5.91 Å². The van der Waals surface area contributed by atoms with Crippen LogP contribution < -0.4 is 16.0 Å². The average molecular weight is 267 g/mol. The van der Waals surface area contributed by atoms with Gasteiger partial charge in [-0.3, -0.25) is 10.2 Å². The molecule has 0 saturated carbocycles.